The van der Waals surface area contributed by atoms with Crippen LogP contribution in [0.2, 0.25) is 0 Å². The fourth-order valence-corrected chi connectivity index (χ4v) is 4.80. The molecule has 0 aliphatic carbocycles. The molecule has 6 rings (SSSR count). The summed E-state index contributed by atoms with van der Waals surface area (Å²) in [6.07, 6.45) is 0. The molecule has 0 radical (unpaired) electrons. The SMILES string of the molecule is Cc1ccc(-c2c(-c3ccccc3)c3ccccc3c3cc4ccccc4cc23)cc1. The van der Waals surface area contributed by atoms with Crippen LogP contribution in [0.4, 0.5) is 0 Å². The summed E-state index contributed by atoms with van der Waals surface area (Å²) in [5.41, 5.74) is 6.41. The Bertz CT molecular complexity index is 1560. The van der Waals surface area contributed by atoms with E-state index in [2.05, 4.69) is 122 Å². The molecule has 0 saturated heterocycles. The summed E-state index contributed by atoms with van der Waals surface area (Å²) in [7, 11) is 0. The summed E-state index contributed by atoms with van der Waals surface area (Å²) in [6.45, 7) is 2.15. The van der Waals surface area contributed by atoms with Gasteiger partial charge in [0.15, 0.2) is 0 Å². The smallest absolute Gasteiger partial charge is 0.00201 e. The van der Waals surface area contributed by atoms with Crippen LogP contribution in [0.3, 0.4) is 0 Å². The molecular formula is C31H22. The van der Waals surface area contributed by atoms with Crippen LogP contribution in [0.25, 0.3) is 54.6 Å². The van der Waals surface area contributed by atoms with Crippen molar-refractivity contribution in [2.24, 2.45) is 0 Å². The minimum Gasteiger partial charge on any atom is -0.0622 e. The van der Waals surface area contributed by atoms with Gasteiger partial charge in [-0.2, -0.15) is 0 Å². The van der Waals surface area contributed by atoms with Gasteiger partial charge in [0.1, 0.15) is 0 Å². The van der Waals surface area contributed by atoms with Crippen LogP contribution in [0.5, 0.6) is 0 Å². The average Bonchev–Trinajstić information content (AvgIpc) is 2.83. The molecule has 0 fully saturated rings. The number of hydrogen-bond acceptors (Lipinski definition) is 0. The molecule has 0 spiro atoms. The Morgan fingerprint density at radius 2 is 0.903 bits per heavy atom. The maximum absolute atomic E-state index is 2.37. The molecule has 0 amide bonds. The van der Waals surface area contributed by atoms with Crippen LogP contribution < -0.4 is 0 Å². The Kier molecular flexibility index (Phi) is 4.11. The predicted molar refractivity (Wildman–Crippen MR) is 135 cm³/mol. The summed E-state index contributed by atoms with van der Waals surface area (Å²) in [6, 6.07) is 42.0. The molecule has 0 N–H and O–H groups in total. The number of aryl methyl sites for hydroxylation is 1. The first-order valence-electron chi connectivity index (χ1n) is 10.8. The zero-order valence-corrected chi connectivity index (χ0v) is 17.5. The Hall–Kier alpha value is -3.90. The lowest BCUT2D eigenvalue weighted by molar-refractivity contribution is 1.47. The van der Waals surface area contributed by atoms with Crippen molar-refractivity contribution in [2.45, 2.75) is 6.92 Å². The van der Waals surface area contributed by atoms with Crippen molar-refractivity contribution in [2.75, 3.05) is 0 Å². The highest BCUT2D eigenvalue weighted by molar-refractivity contribution is 6.23. The normalized spacial score (nSPS) is 11.4. The van der Waals surface area contributed by atoms with Crippen molar-refractivity contribution in [3.63, 3.8) is 0 Å². The molecule has 0 heterocycles. The number of rotatable bonds is 2. The van der Waals surface area contributed by atoms with Crippen LogP contribution in [0.1, 0.15) is 5.56 Å². The topological polar surface area (TPSA) is 0 Å². The third kappa shape index (κ3) is 2.92. The standard InChI is InChI=1S/C31H22/c1-21-15-17-23(18-16-21)31-29-20-25-12-6-5-11-24(25)19-28(29)26-13-7-8-14-27(26)30(31)22-9-3-2-4-10-22/h2-20H,1H3. The van der Waals surface area contributed by atoms with Gasteiger partial charge < -0.3 is 0 Å². The molecule has 0 nitrogen and oxygen atoms in total. The van der Waals surface area contributed by atoms with E-state index in [1.54, 1.807) is 0 Å². The number of fused-ring (bicyclic) bond motifs is 4. The van der Waals surface area contributed by atoms with Crippen LogP contribution in [-0.2, 0) is 0 Å². The third-order valence-corrected chi connectivity index (χ3v) is 6.29. The molecule has 0 aromatic heterocycles. The number of hydrogen-bond donors (Lipinski definition) is 0. The van der Waals surface area contributed by atoms with Gasteiger partial charge in [0.25, 0.3) is 0 Å². The minimum absolute atomic E-state index is 1.25. The fourth-order valence-electron chi connectivity index (χ4n) is 4.80. The average molecular weight is 395 g/mol. The summed E-state index contributed by atoms with van der Waals surface area (Å²) < 4.78 is 0. The van der Waals surface area contributed by atoms with E-state index in [9.17, 15) is 0 Å². The lowest BCUT2D eigenvalue weighted by atomic mass is 9.84. The van der Waals surface area contributed by atoms with E-state index in [1.165, 1.54) is 60.1 Å². The van der Waals surface area contributed by atoms with E-state index < -0.39 is 0 Å². The van der Waals surface area contributed by atoms with E-state index in [4.69, 9.17) is 0 Å². The Balaban J connectivity index is 1.89. The van der Waals surface area contributed by atoms with Crippen LogP contribution in [0, 0.1) is 6.92 Å². The van der Waals surface area contributed by atoms with Gasteiger partial charge in [-0.25, -0.2) is 0 Å². The van der Waals surface area contributed by atoms with Crippen molar-refractivity contribution < 1.29 is 0 Å². The Labute approximate surface area is 182 Å². The molecule has 6 aromatic rings. The van der Waals surface area contributed by atoms with E-state index in [-0.39, 0.29) is 0 Å². The molecule has 0 bridgehead atoms. The molecule has 0 heteroatoms. The monoisotopic (exact) mass is 394 g/mol. The van der Waals surface area contributed by atoms with Gasteiger partial charge in [-0.05, 0) is 73.6 Å². The van der Waals surface area contributed by atoms with Gasteiger partial charge >= 0.3 is 0 Å². The van der Waals surface area contributed by atoms with E-state index in [1.807, 2.05) is 0 Å². The highest BCUT2D eigenvalue weighted by Gasteiger charge is 2.17. The van der Waals surface area contributed by atoms with Crippen LogP contribution in [-0.4, -0.2) is 0 Å². The molecular weight excluding hydrogens is 372 g/mol. The fraction of sp³-hybridized carbons (Fsp3) is 0.0323. The lowest BCUT2D eigenvalue weighted by Gasteiger charge is -2.19. The number of benzene rings is 6. The zero-order valence-electron chi connectivity index (χ0n) is 17.5. The second kappa shape index (κ2) is 7.11. The predicted octanol–water partition coefficient (Wildman–Crippen LogP) is 8.79. The molecule has 0 atom stereocenters. The van der Waals surface area contributed by atoms with Crippen molar-refractivity contribution in [1.29, 1.82) is 0 Å². The minimum atomic E-state index is 1.25. The first-order chi connectivity index (χ1) is 15.3. The lowest BCUT2D eigenvalue weighted by Crippen LogP contribution is -1.92. The molecule has 31 heavy (non-hydrogen) atoms. The maximum atomic E-state index is 2.37. The second-order valence-corrected chi connectivity index (χ2v) is 8.27. The Morgan fingerprint density at radius 1 is 0.387 bits per heavy atom. The van der Waals surface area contributed by atoms with Gasteiger partial charge in [0, 0.05) is 0 Å². The molecule has 146 valence electrons. The molecule has 0 unspecified atom stereocenters. The summed E-state index contributed by atoms with van der Waals surface area (Å²) in [5, 5.41) is 7.77. The second-order valence-electron chi connectivity index (χ2n) is 8.27. The first kappa shape index (κ1) is 17.9. The van der Waals surface area contributed by atoms with E-state index in [0.29, 0.717) is 0 Å². The molecule has 0 aliphatic rings. The van der Waals surface area contributed by atoms with Gasteiger partial charge in [-0.1, -0.05) is 109 Å². The first-order valence-corrected chi connectivity index (χ1v) is 10.8. The summed E-state index contributed by atoms with van der Waals surface area (Å²) >= 11 is 0. The summed E-state index contributed by atoms with van der Waals surface area (Å²) in [5.74, 6) is 0. The van der Waals surface area contributed by atoms with E-state index in [0.717, 1.165) is 0 Å². The summed E-state index contributed by atoms with van der Waals surface area (Å²) in [4.78, 5) is 0. The van der Waals surface area contributed by atoms with Crippen LogP contribution in [0.15, 0.2) is 115 Å². The van der Waals surface area contributed by atoms with E-state index >= 15 is 0 Å². The van der Waals surface area contributed by atoms with Crippen molar-refractivity contribution in [3.05, 3.63) is 121 Å². The maximum Gasteiger partial charge on any atom is -0.00201 e. The highest BCUT2D eigenvalue weighted by Crippen LogP contribution is 2.45. The Morgan fingerprint density at radius 3 is 1.61 bits per heavy atom. The third-order valence-electron chi connectivity index (χ3n) is 6.29. The zero-order chi connectivity index (χ0) is 20.8. The van der Waals surface area contributed by atoms with Gasteiger partial charge in [-0.15, -0.1) is 0 Å². The largest absolute Gasteiger partial charge is 0.0622 e. The van der Waals surface area contributed by atoms with Crippen molar-refractivity contribution in [1.82, 2.24) is 0 Å². The molecule has 0 saturated carbocycles. The highest BCUT2D eigenvalue weighted by atomic mass is 14.2. The van der Waals surface area contributed by atoms with Gasteiger partial charge in [0.2, 0.25) is 0 Å². The van der Waals surface area contributed by atoms with Crippen LogP contribution >= 0.6 is 0 Å². The molecule has 0 aliphatic heterocycles. The van der Waals surface area contributed by atoms with Gasteiger partial charge in [0.05, 0.1) is 0 Å². The quantitative estimate of drug-likeness (QED) is 0.203. The van der Waals surface area contributed by atoms with Crippen molar-refractivity contribution in [3.8, 4) is 22.3 Å². The molecule has 6 aromatic carbocycles. The van der Waals surface area contributed by atoms with Gasteiger partial charge in [-0.3, -0.25) is 0 Å². The van der Waals surface area contributed by atoms with Crippen molar-refractivity contribution >= 4 is 32.3 Å².